The SMILES string of the molecule is Cc1c(C)c(C)c(S(=O)(=O)Nc2cc(Cl)ccc2Cl)c(C)c1C. The van der Waals surface area contributed by atoms with E-state index < -0.39 is 10.0 Å². The molecular formula is C17H19Cl2NO2S. The molecule has 2 aromatic carbocycles. The summed E-state index contributed by atoms with van der Waals surface area (Å²) in [5, 5.41) is 0.714. The van der Waals surface area contributed by atoms with Crippen LogP contribution in [-0.2, 0) is 10.0 Å². The van der Waals surface area contributed by atoms with Crippen molar-refractivity contribution in [3.63, 3.8) is 0 Å². The molecule has 0 aliphatic rings. The van der Waals surface area contributed by atoms with Gasteiger partial charge >= 0.3 is 0 Å². The quantitative estimate of drug-likeness (QED) is 0.791. The van der Waals surface area contributed by atoms with Crippen molar-refractivity contribution in [2.45, 2.75) is 39.5 Å². The van der Waals surface area contributed by atoms with Crippen LogP contribution in [0.25, 0.3) is 0 Å². The third-order valence-electron chi connectivity index (χ3n) is 4.37. The maximum atomic E-state index is 12.9. The highest BCUT2D eigenvalue weighted by atomic mass is 35.5. The number of hydrogen-bond acceptors (Lipinski definition) is 2. The minimum atomic E-state index is -3.77. The molecule has 2 rings (SSSR count). The van der Waals surface area contributed by atoms with Crippen LogP contribution in [0.1, 0.15) is 27.8 Å². The van der Waals surface area contributed by atoms with E-state index in [1.807, 2.05) is 34.6 Å². The van der Waals surface area contributed by atoms with Crippen molar-refractivity contribution >= 4 is 38.9 Å². The standard InChI is InChI=1S/C17H19Cl2NO2S/c1-9-10(2)12(4)17(13(5)11(9)3)23(21,22)20-16-8-14(18)6-7-15(16)19/h6-8,20H,1-5H3. The molecule has 23 heavy (non-hydrogen) atoms. The van der Waals surface area contributed by atoms with Gasteiger partial charge in [-0.05, 0) is 80.6 Å². The van der Waals surface area contributed by atoms with Crippen LogP contribution in [0, 0.1) is 34.6 Å². The number of halogens is 2. The highest BCUT2D eigenvalue weighted by molar-refractivity contribution is 7.92. The Morgan fingerprint density at radius 2 is 1.30 bits per heavy atom. The monoisotopic (exact) mass is 371 g/mol. The first-order valence-electron chi connectivity index (χ1n) is 7.11. The van der Waals surface area contributed by atoms with Crippen molar-refractivity contribution in [1.29, 1.82) is 0 Å². The van der Waals surface area contributed by atoms with Crippen LogP contribution in [0.2, 0.25) is 10.0 Å². The number of nitrogens with one attached hydrogen (secondary N) is 1. The predicted octanol–water partition coefficient (Wildman–Crippen LogP) is 5.34. The van der Waals surface area contributed by atoms with Gasteiger partial charge in [-0.3, -0.25) is 4.72 Å². The molecule has 0 aliphatic heterocycles. The highest BCUT2D eigenvalue weighted by Crippen LogP contribution is 2.33. The minimum absolute atomic E-state index is 0.272. The number of benzene rings is 2. The normalized spacial score (nSPS) is 11.6. The average Bonchev–Trinajstić information content (AvgIpc) is 2.46. The van der Waals surface area contributed by atoms with Crippen LogP contribution in [-0.4, -0.2) is 8.42 Å². The molecule has 0 radical (unpaired) electrons. The Morgan fingerprint density at radius 3 is 1.83 bits per heavy atom. The highest BCUT2D eigenvalue weighted by Gasteiger charge is 2.24. The molecule has 124 valence electrons. The molecule has 0 aromatic heterocycles. The zero-order valence-electron chi connectivity index (χ0n) is 13.7. The molecule has 6 heteroatoms. The molecule has 0 bridgehead atoms. The molecule has 3 nitrogen and oxygen atoms in total. The second-order valence-corrected chi connectivity index (χ2v) is 8.15. The summed E-state index contributed by atoms with van der Waals surface area (Å²) in [6.45, 7) is 9.51. The summed E-state index contributed by atoms with van der Waals surface area (Å²) in [6, 6.07) is 4.67. The van der Waals surface area contributed by atoms with E-state index >= 15 is 0 Å². The van der Waals surface area contributed by atoms with E-state index in [0.717, 1.165) is 27.8 Å². The van der Waals surface area contributed by atoms with Gasteiger partial charge in [0.15, 0.2) is 0 Å². The zero-order valence-corrected chi connectivity index (χ0v) is 16.0. The Balaban J connectivity index is 2.64. The summed E-state index contributed by atoms with van der Waals surface area (Å²) in [6.07, 6.45) is 0. The summed E-state index contributed by atoms with van der Waals surface area (Å²) < 4.78 is 28.4. The average molecular weight is 372 g/mol. The number of rotatable bonds is 3. The first-order chi connectivity index (χ1) is 10.6. The second-order valence-electron chi connectivity index (χ2n) is 5.68. The Kier molecular flexibility index (Phi) is 5.00. The van der Waals surface area contributed by atoms with Crippen LogP contribution < -0.4 is 4.72 Å². The third kappa shape index (κ3) is 3.35. The van der Waals surface area contributed by atoms with Crippen molar-refractivity contribution in [2.75, 3.05) is 4.72 Å². The molecule has 0 unspecified atom stereocenters. The van der Waals surface area contributed by atoms with Gasteiger partial charge in [-0.2, -0.15) is 0 Å². The lowest BCUT2D eigenvalue weighted by molar-refractivity contribution is 0.599. The predicted molar refractivity (Wildman–Crippen MR) is 97.4 cm³/mol. The molecule has 0 saturated heterocycles. The first kappa shape index (κ1) is 18.1. The fraction of sp³-hybridized carbons (Fsp3) is 0.294. The van der Waals surface area contributed by atoms with E-state index in [2.05, 4.69) is 4.72 Å². The summed E-state index contributed by atoms with van der Waals surface area (Å²) in [5.74, 6) is 0. The molecular weight excluding hydrogens is 353 g/mol. The van der Waals surface area contributed by atoms with Crippen LogP contribution in [0.3, 0.4) is 0 Å². The Labute approximate surface area is 147 Å². The lowest BCUT2D eigenvalue weighted by Crippen LogP contribution is -2.18. The van der Waals surface area contributed by atoms with Crippen molar-refractivity contribution in [2.24, 2.45) is 0 Å². The van der Waals surface area contributed by atoms with E-state index in [1.165, 1.54) is 6.07 Å². The Morgan fingerprint density at radius 1 is 0.826 bits per heavy atom. The molecule has 0 atom stereocenters. The number of anilines is 1. The summed E-state index contributed by atoms with van der Waals surface area (Å²) in [7, 11) is -3.77. The van der Waals surface area contributed by atoms with Gasteiger partial charge in [-0.1, -0.05) is 23.2 Å². The van der Waals surface area contributed by atoms with Gasteiger partial charge in [0.05, 0.1) is 15.6 Å². The number of hydrogen-bond donors (Lipinski definition) is 1. The van der Waals surface area contributed by atoms with Gasteiger partial charge in [0.2, 0.25) is 0 Å². The smallest absolute Gasteiger partial charge is 0.262 e. The minimum Gasteiger partial charge on any atom is -0.278 e. The van der Waals surface area contributed by atoms with Gasteiger partial charge in [-0.25, -0.2) is 8.42 Å². The number of sulfonamides is 1. The third-order valence-corrected chi connectivity index (χ3v) is 6.58. The Bertz CT molecular complexity index is 861. The molecule has 0 aliphatic carbocycles. The van der Waals surface area contributed by atoms with Crippen molar-refractivity contribution < 1.29 is 8.42 Å². The lowest BCUT2D eigenvalue weighted by atomic mass is 9.95. The van der Waals surface area contributed by atoms with E-state index in [-0.39, 0.29) is 5.69 Å². The summed E-state index contributed by atoms with van der Waals surface area (Å²) in [5.41, 5.74) is 4.83. The molecule has 0 amide bonds. The fourth-order valence-corrected chi connectivity index (χ4v) is 4.71. The van der Waals surface area contributed by atoms with Crippen LogP contribution in [0.5, 0.6) is 0 Å². The molecule has 1 N–H and O–H groups in total. The van der Waals surface area contributed by atoms with E-state index in [4.69, 9.17) is 23.2 Å². The van der Waals surface area contributed by atoms with Crippen LogP contribution in [0.15, 0.2) is 23.1 Å². The molecule has 0 fully saturated rings. The van der Waals surface area contributed by atoms with Crippen molar-refractivity contribution in [3.05, 3.63) is 56.1 Å². The zero-order chi connectivity index (χ0) is 17.5. The van der Waals surface area contributed by atoms with E-state index in [1.54, 1.807) is 12.1 Å². The van der Waals surface area contributed by atoms with Gasteiger partial charge in [0.25, 0.3) is 10.0 Å². The van der Waals surface area contributed by atoms with E-state index in [0.29, 0.717) is 14.9 Å². The van der Waals surface area contributed by atoms with Gasteiger partial charge < -0.3 is 0 Å². The largest absolute Gasteiger partial charge is 0.278 e. The first-order valence-corrected chi connectivity index (χ1v) is 9.35. The molecule has 0 heterocycles. The maximum absolute atomic E-state index is 12.9. The van der Waals surface area contributed by atoms with Crippen molar-refractivity contribution in [1.82, 2.24) is 0 Å². The van der Waals surface area contributed by atoms with Crippen LogP contribution in [0.4, 0.5) is 5.69 Å². The molecule has 0 saturated carbocycles. The maximum Gasteiger partial charge on any atom is 0.262 e. The van der Waals surface area contributed by atoms with Gasteiger partial charge in [0.1, 0.15) is 0 Å². The van der Waals surface area contributed by atoms with Gasteiger partial charge in [-0.15, -0.1) is 0 Å². The lowest BCUT2D eigenvalue weighted by Gasteiger charge is -2.19. The second kappa shape index (κ2) is 6.34. The topological polar surface area (TPSA) is 46.2 Å². The van der Waals surface area contributed by atoms with Crippen LogP contribution >= 0.6 is 23.2 Å². The molecule has 2 aromatic rings. The van der Waals surface area contributed by atoms with E-state index in [9.17, 15) is 8.42 Å². The summed E-state index contributed by atoms with van der Waals surface area (Å²) >= 11 is 12.0. The molecule has 0 spiro atoms. The fourth-order valence-electron chi connectivity index (χ4n) is 2.64. The van der Waals surface area contributed by atoms with Crippen molar-refractivity contribution in [3.8, 4) is 0 Å². The Hall–Kier alpha value is -1.23. The van der Waals surface area contributed by atoms with Gasteiger partial charge in [0, 0.05) is 5.02 Å². The summed E-state index contributed by atoms with van der Waals surface area (Å²) in [4.78, 5) is 0.300.